The molecule has 0 aliphatic rings. The molecule has 0 bridgehead atoms. The van der Waals surface area contributed by atoms with Gasteiger partial charge in [0.2, 0.25) is 5.91 Å². The van der Waals surface area contributed by atoms with Gasteiger partial charge in [-0.05, 0) is 30.3 Å². The molecule has 1 heterocycles. The van der Waals surface area contributed by atoms with E-state index in [1.165, 1.54) is 4.90 Å². The van der Waals surface area contributed by atoms with E-state index in [0.29, 0.717) is 16.4 Å². The van der Waals surface area contributed by atoms with Crippen molar-refractivity contribution in [1.29, 1.82) is 0 Å². The molecule has 0 saturated heterocycles. The van der Waals surface area contributed by atoms with E-state index >= 15 is 0 Å². The molecule has 0 fully saturated rings. The smallest absolute Gasteiger partial charge is 0.270 e. The Labute approximate surface area is 158 Å². The minimum Gasteiger partial charge on any atom is -0.350 e. The van der Waals surface area contributed by atoms with Gasteiger partial charge in [-0.2, -0.15) is 0 Å². The quantitative estimate of drug-likeness (QED) is 0.661. The number of carbonyl (C=O) groups excluding carboxylic acids is 2. The molecule has 0 atom stereocenters. The third kappa shape index (κ3) is 4.03. The van der Waals surface area contributed by atoms with Crippen molar-refractivity contribution in [1.82, 2.24) is 9.88 Å². The topological polar surface area (TPSA) is 65.2 Å². The molecule has 3 rings (SSSR count). The molecule has 5 nitrogen and oxygen atoms in total. The molecular formula is C18H15BrClN3O2. The number of hydrogen-bond acceptors (Lipinski definition) is 2. The first-order valence-corrected chi connectivity index (χ1v) is 8.69. The van der Waals surface area contributed by atoms with Crippen LogP contribution in [0.15, 0.2) is 53.0 Å². The number of aromatic nitrogens is 1. The fraction of sp³-hybridized carbons (Fsp3) is 0.111. The van der Waals surface area contributed by atoms with Crippen LogP contribution < -0.4 is 5.32 Å². The summed E-state index contributed by atoms with van der Waals surface area (Å²) in [6.07, 6.45) is 0. The van der Waals surface area contributed by atoms with E-state index in [0.717, 1.165) is 15.4 Å². The highest BCUT2D eigenvalue weighted by Crippen LogP contribution is 2.22. The number of halogens is 2. The van der Waals surface area contributed by atoms with E-state index in [-0.39, 0.29) is 18.4 Å². The summed E-state index contributed by atoms with van der Waals surface area (Å²) in [4.78, 5) is 29.1. The number of para-hydroxylation sites is 1. The lowest BCUT2D eigenvalue weighted by Crippen LogP contribution is -2.35. The maximum Gasteiger partial charge on any atom is 0.270 e. The highest BCUT2D eigenvalue weighted by atomic mass is 79.9. The monoisotopic (exact) mass is 419 g/mol. The molecule has 25 heavy (non-hydrogen) atoms. The minimum absolute atomic E-state index is 0.0802. The number of benzene rings is 2. The summed E-state index contributed by atoms with van der Waals surface area (Å²) in [5, 5.41) is 4.08. The molecule has 0 radical (unpaired) electrons. The Kier molecular flexibility index (Phi) is 5.11. The lowest BCUT2D eigenvalue weighted by molar-refractivity contribution is -0.116. The van der Waals surface area contributed by atoms with Gasteiger partial charge in [0.25, 0.3) is 5.91 Å². The summed E-state index contributed by atoms with van der Waals surface area (Å²) < 4.78 is 0.924. The lowest BCUT2D eigenvalue weighted by atomic mass is 10.2. The van der Waals surface area contributed by atoms with Crippen LogP contribution in [0.2, 0.25) is 5.02 Å². The van der Waals surface area contributed by atoms with Crippen LogP contribution in [0, 0.1) is 0 Å². The van der Waals surface area contributed by atoms with Gasteiger partial charge >= 0.3 is 0 Å². The summed E-state index contributed by atoms with van der Waals surface area (Å²) >= 11 is 9.42. The van der Waals surface area contributed by atoms with Crippen molar-refractivity contribution in [2.75, 3.05) is 18.9 Å². The van der Waals surface area contributed by atoms with Gasteiger partial charge in [-0.25, -0.2) is 0 Å². The number of carbonyl (C=O) groups is 2. The first-order valence-electron chi connectivity index (χ1n) is 7.52. The van der Waals surface area contributed by atoms with Crippen LogP contribution in [0.25, 0.3) is 10.9 Å². The maximum absolute atomic E-state index is 12.5. The summed E-state index contributed by atoms with van der Waals surface area (Å²) in [6.45, 7) is -0.0802. The van der Waals surface area contributed by atoms with Gasteiger partial charge in [0, 0.05) is 22.4 Å². The van der Waals surface area contributed by atoms with Gasteiger partial charge < -0.3 is 15.2 Å². The summed E-state index contributed by atoms with van der Waals surface area (Å²) in [5.74, 6) is -0.579. The van der Waals surface area contributed by atoms with E-state index in [4.69, 9.17) is 11.6 Å². The van der Waals surface area contributed by atoms with Crippen molar-refractivity contribution in [3.63, 3.8) is 0 Å². The largest absolute Gasteiger partial charge is 0.350 e. The minimum atomic E-state index is -0.317. The van der Waals surface area contributed by atoms with Gasteiger partial charge in [-0.15, -0.1) is 0 Å². The molecule has 0 unspecified atom stereocenters. The standard InChI is InChI=1S/C18H15BrClN3O2/c1-23(10-17(24)22-14-5-3-2-4-13(14)20)18(25)16-8-11-6-7-12(19)9-15(11)21-16/h2-9,21H,10H2,1H3,(H,22,24). The number of hydrogen-bond donors (Lipinski definition) is 2. The van der Waals surface area contributed by atoms with Crippen molar-refractivity contribution in [3.05, 3.63) is 63.7 Å². The number of likely N-dealkylation sites (N-methyl/N-ethyl adjacent to an activating group) is 1. The Morgan fingerprint density at radius 1 is 1.20 bits per heavy atom. The third-order valence-corrected chi connectivity index (χ3v) is 4.51. The van der Waals surface area contributed by atoms with Crippen molar-refractivity contribution in [3.8, 4) is 0 Å². The van der Waals surface area contributed by atoms with Gasteiger partial charge in [-0.1, -0.05) is 45.7 Å². The van der Waals surface area contributed by atoms with E-state index in [1.54, 1.807) is 37.4 Å². The second-order valence-electron chi connectivity index (χ2n) is 5.60. The number of aromatic amines is 1. The molecule has 2 aromatic carbocycles. The number of nitrogens with one attached hydrogen (secondary N) is 2. The van der Waals surface area contributed by atoms with Gasteiger partial charge in [0.05, 0.1) is 17.3 Å². The van der Waals surface area contributed by atoms with E-state index in [1.807, 2.05) is 18.2 Å². The number of amides is 2. The molecule has 2 amide bonds. The SMILES string of the molecule is CN(CC(=O)Nc1ccccc1Cl)C(=O)c1cc2ccc(Br)cc2[nH]1. The third-order valence-electron chi connectivity index (χ3n) is 3.69. The van der Waals surface area contributed by atoms with Gasteiger partial charge in [0.15, 0.2) is 0 Å². The Morgan fingerprint density at radius 3 is 2.72 bits per heavy atom. The lowest BCUT2D eigenvalue weighted by Gasteiger charge is -2.16. The summed E-state index contributed by atoms with van der Waals surface area (Å²) in [5.41, 5.74) is 1.80. The van der Waals surface area contributed by atoms with Crippen LogP contribution in [0.1, 0.15) is 10.5 Å². The van der Waals surface area contributed by atoms with Crippen LogP contribution in [0.4, 0.5) is 5.69 Å². The van der Waals surface area contributed by atoms with Crippen molar-refractivity contribution < 1.29 is 9.59 Å². The molecule has 0 saturated carbocycles. The second kappa shape index (κ2) is 7.29. The Hall–Kier alpha value is -2.31. The molecular weight excluding hydrogens is 406 g/mol. The van der Waals surface area contributed by atoms with Crippen molar-refractivity contribution >= 4 is 55.9 Å². The van der Waals surface area contributed by atoms with Crippen LogP contribution in [-0.4, -0.2) is 35.3 Å². The van der Waals surface area contributed by atoms with E-state index in [2.05, 4.69) is 26.2 Å². The molecule has 0 aliphatic heterocycles. The molecule has 128 valence electrons. The molecule has 1 aromatic heterocycles. The maximum atomic E-state index is 12.5. The number of H-pyrrole nitrogens is 1. The zero-order valence-corrected chi connectivity index (χ0v) is 15.7. The van der Waals surface area contributed by atoms with Crippen LogP contribution in [0.5, 0.6) is 0 Å². The van der Waals surface area contributed by atoms with Crippen molar-refractivity contribution in [2.24, 2.45) is 0 Å². The normalized spacial score (nSPS) is 10.7. The summed E-state index contributed by atoms with van der Waals surface area (Å²) in [7, 11) is 1.58. The number of rotatable bonds is 4. The predicted molar refractivity (Wildman–Crippen MR) is 103 cm³/mol. The molecule has 2 N–H and O–H groups in total. The highest BCUT2D eigenvalue weighted by Gasteiger charge is 2.17. The molecule has 3 aromatic rings. The second-order valence-corrected chi connectivity index (χ2v) is 6.93. The average molecular weight is 421 g/mol. The first kappa shape index (κ1) is 17.5. The van der Waals surface area contributed by atoms with Crippen molar-refractivity contribution in [2.45, 2.75) is 0 Å². The average Bonchev–Trinajstić information content (AvgIpc) is 2.99. The predicted octanol–water partition coefficient (Wildman–Crippen LogP) is 4.29. The molecule has 0 spiro atoms. The van der Waals surface area contributed by atoms with E-state index < -0.39 is 0 Å². The highest BCUT2D eigenvalue weighted by molar-refractivity contribution is 9.10. The van der Waals surface area contributed by atoms with Gasteiger partial charge in [0.1, 0.15) is 5.69 Å². The zero-order chi connectivity index (χ0) is 18.0. The first-order chi connectivity index (χ1) is 11.9. The fourth-order valence-corrected chi connectivity index (χ4v) is 3.00. The number of fused-ring (bicyclic) bond motifs is 1. The number of nitrogens with zero attached hydrogens (tertiary/aromatic N) is 1. The number of anilines is 1. The fourth-order valence-electron chi connectivity index (χ4n) is 2.46. The molecule has 7 heteroatoms. The van der Waals surface area contributed by atoms with Crippen LogP contribution >= 0.6 is 27.5 Å². The van der Waals surface area contributed by atoms with Crippen LogP contribution in [-0.2, 0) is 4.79 Å². The molecule has 0 aliphatic carbocycles. The van der Waals surface area contributed by atoms with Gasteiger partial charge in [-0.3, -0.25) is 9.59 Å². The van der Waals surface area contributed by atoms with E-state index in [9.17, 15) is 9.59 Å². The Balaban J connectivity index is 1.69. The Morgan fingerprint density at radius 2 is 1.96 bits per heavy atom. The summed E-state index contributed by atoms with van der Waals surface area (Å²) in [6, 6.07) is 14.4. The Bertz CT molecular complexity index is 954. The van der Waals surface area contributed by atoms with Crippen LogP contribution in [0.3, 0.4) is 0 Å². The zero-order valence-electron chi connectivity index (χ0n) is 13.3.